The molecule has 2 aliphatic rings. The van der Waals surface area contributed by atoms with Gasteiger partial charge in [-0.25, -0.2) is 0 Å². The van der Waals surface area contributed by atoms with Gasteiger partial charge in [-0.05, 0) is 42.9 Å². The third-order valence-corrected chi connectivity index (χ3v) is 4.44. The molecule has 2 fully saturated rings. The lowest BCUT2D eigenvalue weighted by molar-refractivity contribution is 0.152. The Bertz CT molecular complexity index is 431. The predicted molar refractivity (Wildman–Crippen MR) is 81.6 cm³/mol. The van der Waals surface area contributed by atoms with E-state index in [-0.39, 0.29) is 0 Å². The van der Waals surface area contributed by atoms with Crippen LogP contribution in [0.1, 0.15) is 30.4 Å². The molecular formula is C17H26N2O. The molecule has 1 aliphatic carbocycles. The monoisotopic (exact) mass is 274 g/mol. The molecule has 3 heteroatoms. The maximum absolute atomic E-state index is 5.28. The molecule has 1 N–H and O–H groups in total. The van der Waals surface area contributed by atoms with E-state index in [9.17, 15) is 0 Å². The van der Waals surface area contributed by atoms with Gasteiger partial charge in [-0.3, -0.25) is 4.90 Å². The maximum Gasteiger partial charge on any atom is 0.0503 e. The van der Waals surface area contributed by atoms with Crippen molar-refractivity contribution < 1.29 is 4.74 Å². The van der Waals surface area contributed by atoms with Crippen LogP contribution in [0.4, 0.5) is 0 Å². The van der Waals surface area contributed by atoms with Crippen molar-refractivity contribution in [1.82, 2.24) is 10.2 Å². The Balaban J connectivity index is 1.56. The van der Waals surface area contributed by atoms with Gasteiger partial charge in [-0.2, -0.15) is 0 Å². The number of rotatable bonds is 7. The Labute approximate surface area is 122 Å². The first kappa shape index (κ1) is 14.1. The molecule has 3 rings (SSSR count). The smallest absolute Gasteiger partial charge is 0.0503 e. The van der Waals surface area contributed by atoms with Crippen LogP contribution in [0, 0.1) is 5.92 Å². The van der Waals surface area contributed by atoms with Crippen LogP contribution in [-0.2, 0) is 17.8 Å². The second-order valence-electron chi connectivity index (χ2n) is 6.27. The van der Waals surface area contributed by atoms with Crippen LogP contribution in [0.25, 0.3) is 0 Å². The van der Waals surface area contributed by atoms with Crippen molar-refractivity contribution in [2.24, 2.45) is 5.92 Å². The van der Waals surface area contributed by atoms with Crippen molar-refractivity contribution in [1.29, 1.82) is 0 Å². The van der Waals surface area contributed by atoms with E-state index in [1.165, 1.54) is 43.5 Å². The molecule has 1 atom stereocenters. The Hall–Kier alpha value is -0.900. The highest BCUT2D eigenvalue weighted by molar-refractivity contribution is 5.27. The molecule has 1 aliphatic heterocycles. The minimum absolute atomic E-state index is 0.719. The van der Waals surface area contributed by atoms with Crippen molar-refractivity contribution in [3.05, 3.63) is 35.4 Å². The number of nitrogens with one attached hydrogen (secondary N) is 1. The van der Waals surface area contributed by atoms with Crippen molar-refractivity contribution >= 4 is 0 Å². The third-order valence-electron chi connectivity index (χ3n) is 4.44. The predicted octanol–water partition coefficient (Wildman–Crippen LogP) is 2.41. The summed E-state index contributed by atoms with van der Waals surface area (Å²) < 4.78 is 5.28. The van der Waals surface area contributed by atoms with Crippen molar-refractivity contribution in [2.75, 3.05) is 26.8 Å². The molecule has 1 heterocycles. The van der Waals surface area contributed by atoms with Crippen LogP contribution in [0.15, 0.2) is 24.3 Å². The number of nitrogens with zero attached hydrogens (tertiary/aromatic N) is 1. The van der Waals surface area contributed by atoms with Crippen LogP contribution in [0.2, 0.25) is 0 Å². The van der Waals surface area contributed by atoms with Gasteiger partial charge in [0.25, 0.3) is 0 Å². The molecule has 1 unspecified atom stereocenters. The van der Waals surface area contributed by atoms with Crippen LogP contribution in [-0.4, -0.2) is 37.7 Å². The Morgan fingerprint density at radius 1 is 1.20 bits per heavy atom. The van der Waals surface area contributed by atoms with Crippen molar-refractivity contribution in [3.63, 3.8) is 0 Å². The molecule has 0 spiro atoms. The summed E-state index contributed by atoms with van der Waals surface area (Å²) in [7, 11) is 1.81. The van der Waals surface area contributed by atoms with E-state index in [1.807, 2.05) is 7.11 Å². The van der Waals surface area contributed by atoms with Crippen molar-refractivity contribution in [2.45, 2.75) is 38.4 Å². The summed E-state index contributed by atoms with van der Waals surface area (Å²) in [4.78, 5) is 2.57. The Morgan fingerprint density at radius 3 is 2.75 bits per heavy atom. The highest BCUT2D eigenvalue weighted by Gasteiger charge is 2.23. The lowest BCUT2D eigenvalue weighted by Gasteiger charge is -2.18. The minimum atomic E-state index is 0.719. The zero-order chi connectivity index (χ0) is 13.8. The molecule has 0 radical (unpaired) electrons. The van der Waals surface area contributed by atoms with E-state index in [0.717, 1.165) is 31.7 Å². The van der Waals surface area contributed by atoms with E-state index < -0.39 is 0 Å². The first-order valence-electron chi connectivity index (χ1n) is 7.86. The fourth-order valence-corrected chi connectivity index (χ4v) is 3.10. The standard InChI is InChI=1S/C17H26N2O/c1-20-13-14-8-9-19(11-14)12-16-5-3-2-4-15(16)10-18-17-6-7-17/h2-5,14,17-18H,6-13H2,1H3. The quantitative estimate of drug-likeness (QED) is 0.826. The zero-order valence-electron chi connectivity index (χ0n) is 12.5. The van der Waals surface area contributed by atoms with Gasteiger partial charge in [0.1, 0.15) is 0 Å². The summed E-state index contributed by atoms with van der Waals surface area (Å²) in [6.07, 6.45) is 3.98. The first-order valence-corrected chi connectivity index (χ1v) is 7.86. The largest absolute Gasteiger partial charge is 0.384 e. The number of likely N-dealkylation sites (tertiary alicyclic amines) is 1. The summed E-state index contributed by atoms with van der Waals surface area (Å²) in [6.45, 7) is 5.40. The topological polar surface area (TPSA) is 24.5 Å². The first-order chi connectivity index (χ1) is 9.85. The average Bonchev–Trinajstić information content (AvgIpc) is 3.19. The van der Waals surface area contributed by atoms with Gasteiger partial charge in [0, 0.05) is 32.8 Å². The second-order valence-corrected chi connectivity index (χ2v) is 6.27. The van der Waals surface area contributed by atoms with Gasteiger partial charge < -0.3 is 10.1 Å². The molecule has 1 aromatic rings. The second kappa shape index (κ2) is 6.70. The van der Waals surface area contributed by atoms with E-state index >= 15 is 0 Å². The molecule has 1 saturated carbocycles. The van der Waals surface area contributed by atoms with Gasteiger partial charge in [0.05, 0.1) is 6.61 Å². The van der Waals surface area contributed by atoms with Gasteiger partial charge in [0.15, 0.2) is 0 Å². The van der Waals surface area contributed by atoms with Crippen LogP contribution < -0.4 is 5.32 Å². The van der Waals surface area contributed by atoms with Crippen LogP contribution in [0.5, 0.6) is 0 Å². The zero-order valence-corrected chi connectivity index (χ0v) is 12.5. The average molecular weight is 274 g/mol. The number of benzene rings is 1. The number of methoxy groups -OCH3 is 1. The molecule has 0 bridgehead atoms. The summed E-state index contributed by atoms with van der Waals surface area (Å²) in [5.41, 5.74) is 2.95. The van der Waals surface area contributed by atoms with Crippen molar-refractivity contribution in [3.8, 4) is 0 Å². The lowest BCUT2D eigenvalue weighted by Crippen LogP contribution is -2.23. The highest BCUT2D eigenvalue weighted by atomic mass is 16.5. The van der Waals surface area contributed by atoms with E-state index in [2.05, 4.69) is 34.5 Å². The Kier molecular flexibility index (Phi) is 4.71. The van der Waals surface area contributed by atoms with Gasteiger partial charge >= 0.3 is 0 Å². The fraction of sp³-hybridized carbons (Fsp3) is 0.647. The van der Waals surface area contributed by atoms with Gasteiger partial charge in [0.2, 0.25) is 0 Å². The van der Waals surface area contributed by atoms with Crippen LogP contribution >= 0.6 is 0 Å². The summed E-state index contributed by atoms with van der Waals surface area (Å²) in [5, 5.41) is 3.63. The minimum Gasteiger partial charge on any atom is -0.384 e. The normalized spacial score (nSPS) is 23.4. The lowest BCUT2D eigenvalue weighted by atomic mass is 10.1. The van der Waals surface area contributed by atoms with E-state index in [1.54, 1.807) is 0 Å². The Morgan fingerprint density at radius 2 is 2.00 bits per heavy atom. The molecule has 0 aromatic heterocycles. The number of ether oxygens (including phenoxy) is 1. The summed E-state index contributed by atoms with van der Waals surface area (Å²) in [5.74, 6) is 0.719. The number of hydrogen-bond donors (Lipinski definition) is 1. The molecule has 0 amide bonds. The SMILES string of the molecule is COCC1CCN(Cc2ccccc2CNC2CC2)C1. The summed E-state index contributed by atoms with van der Waals surface area (Å²) >= 11 is 0. The maximum atomic E-state index is 5.28. The van der Waals surface area contributed by atoms with Gasteiger partial charge in [-0.1, -0.05) is 24.3 Å². The molecule has 1 saturated heterocycles. The van der Waals surface area contributed by atoms with Gasteiger partial charge in [-0.15, -0.1) is 0 Å². The molecule has 110 valence electrons. The van der Waals surface area contributed by atoms with Crippen LogP contribution in [0.3, 0.4) is 0 Å². The number of hydrogen-bond acceptors (Lipinski definition) is 3. The molecule has 1 aromatic carbocycles. The summed E-state index contributed by atoms with van der Waals surface area (Å²) in [6, 6.07) is 9.66. The molecule has 20 heavy (non-hydrogen) atoms. The third kappa shape index (κ3) is 3.81. The molecular weight excluding hydrogens is 248 g/mol. The fourth-order valence-electron chi connectivity index (χ4n) is 3.10. The van der Waals surface area contributed by atoms with E-state index in [4.69, 9.17) is 4.74 Å². The highest BCUT2D eigenvalue weighted by Crippen LogP contribution is 2.22. The molecule has 3 nitrogen and oxygen atoms in total. The van der Waals surface area contributed by atoms with E-state index in [0.29, 0.717) is 0 Å².